The average Bonchev–Trinajstić information content (AvgIpc) is 3.06. The van der Waals surface area contributed by atoms with E-state index in [1.165, 1.54) is 0 Å². The Balaban J connectivity index is 1.89. The molecule has 1 unspecified atom stereocenters. The second kappa shape index (κ2) is 7.07. The number of aliphatic hydroxyl groups is 1. The average molecular weight is 355 g/mol. The maximum absolute atomic E-state index is 10.1. The molecule has 0 amide bonds. The summed E-state index contributed by atoms with van der Waals surface area (Å²) in [6.07, 6.45) is 1.52. The molecule has 1 atom stereocenters. The minimum atomic E-state index is -0.302. The van der Waals surface area contributed by atoms with Gasteiger partial charge in [0.25, 0.3) is 0 Å². The Kier molecular flexibility index (Phi) is 4.65. The molecule has 3 aromatic rings. The molecule has 4 rings (SSSR count). The molecule has 1 N–H and O–H groups in total. The normalized spacial score (nSPS) is 18.0. The second-order valence-electron chi connectivity index (χ2n) is 6.33. The van der Waals surface area contributed by atoms with Crippen LogP contribution in [-0.4, -0.2) is 41.4 Å². The molecule has 1 saturated heterocycles. The molecule has 6 heteroatoms. The van der Waals surface area contributed by atoms with Crippen LogP contribution in [0.5, 0.6) is 0 Å². The maximum atomic E-state index is 10.1. The molecule has 1 aliphatic rings. The first-order valence-electron chi connectivity index (χ1n) is 8.51. The molecule has 0 bridgehead atoms. The molecule has 1 fully saturated rings. The molecule has 0 saturated carbocycles. The summed E-state index contributed by atoms with van der Waals surface area (Å²) in [5.74, 6) is 1.60. The number of aromatic nitrogens is 2. The summed E-state index contributed by atoms with van der Waals surface area (Å²) in [7, 11) is 1.65. The van der Waals surface area contributed by atoms with Crippen LogP contribution in [0.2, 0.25) is 0 Å². The zero-order valence-electron chi connectivity index (χ0n) is 14.2. The van der Waals surface area contributed by atoms with Gasteiger partial charge in [0.2, 0.25) is 0 Å². The van der Waals surface area contributed by atoms with Gasteiger partial charge in [-0.3, -0.25) is 0 Å². The van der Waals surface area contributed by atoms with Gasteiger partial charge >= 0.3 is 0 Å². The molecule has 0 spiro atoms. The summed E-state index contributed by atoms with van der Waals surface area (Å²) >= 11 is 1.63. The van der Waals surface area contributed by atoms with E-state index in [2.05, 4.69) is 27.4 Å². The zero-order valence-corrected chi connectivity index (χ0v) is 15.0. The highest BCUT2D eigenvalue weighted by Gasteiger charge is 2.24. The summed E-state index contributed by atoms with van der Waals surface area (Å²) < 4.78 is 5.24. The zero-order chi connectivity index (χ0) is 17.2. The third-order valence-electron chi connectivity index (χ3n) is 4.52. The van der Waals surface area contributed by atoms with Crippen LogP contribution in [-0.2, 0) is 11.3 Å². The van der Waals surface area contributed by atoms with Gasteiger partial charge in [0, 0.05) is 31.1 Å². The van der Waals surface area contributed by atoms with Crippen LogP contribution in [0.3, 0.4) is 0 Å². The number of thiophene rings is 1. The molecule has 1 aromatic carbocycles. The van der Waals surface area contributed by atoms with E-state index in [0.717, 1.165) is 46.5 Å². The number of anilines is 1. The number of nitrogens with zero attached hydrogens (tertiary/aromatic N) is 3. The van der Waals surface area contributed by atoms with Crippen molar-refractivity contribution in [3.63, 3.8) is 0 Å². The Bertz CT molecular complexity index is 866. The molecule has 130 valence electrons. The maximum Gasteiger partial charge on any atom is 0.158 e. The summed E-state index contributed by atoms with van der Waals surface area (Å²) in [4.78, 5) is 12.6. The van der Waals surface area contributed by atoms with E-state index in [9.17, 15) is 5.11 Å². The lowest BCUT2D eigenvalue weighted by Crippen LogP contribution is -2.39. The number of ether oxygens (including phenoxy) is 1. The Morgan fingerprint density at radius 3 is 2.88 bits per heavy atom. The largest absolute Gasteiger partial charge is 0.391 e. The molecule has 5 nitrogen and oxygen atoms in total. The van der Waals surface area contributed by atoms with Crippen molar-refractivity contribution in [3.8, 4) is 11.1 Å². The fourth-order valence-corrected chi connectivity index (χ4v) is 4.33. The summed E-state index contributed by atoms with van der Waals surface area (Å²) in [6, 6.07) is 10.3. The molecular formula is C19H21N3O2S. The van der Waals surface area contributed by atoms with Gasteiger partial charge in [-0.25, -0.2) is 9.97 Å². The van der Waals surface area contributed by atoms with Crippen LogP contribution in [0.15, 0.2) is 35.7 Å². The molecule has 1 aliphatic heterocycles. The third kappa shape index (κ3) is 3.25. The topological polar surface area (TPSA) is 58.5 Å². The standard InChI is InChI=1S/C19H21N3O2S/c1-24-11-16-20-18(22-9-5-8-14(23)10-22)17-15(12-25-19(17)21-16)13-6-3-2-4-7-13/h2-4,6-7,12,14,23H,5,8-11H2,1H3. The highest BCUT2D eigenvalue weighted by atomic mass is 32.1. The number of fused-ring (bicyclic) bond motifs is 1. The minimum absolute atomic E-state index is 0.302. The molecule has 0 aliphatic carbocycles. The SMILES string of the molecule is COCc1nc(N2CCCC(O)C2)c2c(-c3ccccc3)csc2n1. The van der Waals surface area contributed by atoms with Crippen molar-refractivity contribution >= 4 is 27.4 Å². The Labute approximate surface area is 150 Å². The lowest BCUT2D eigenvalue weighted by Gasteiger charge is -2.31. The van der Waals surface area contributed by atoms with E-state index in [-0.39, 0.29) is 6.10 Å². The van der Waals surface area contributed by atoms with Crippen molar-refractivity contribution in [2.75, 3.05) is 25.1 Å². The highest BCUT2D eigenvalue weighted by molar-refractivity contribution is 7.17. The van der Waals surface area contributed by atoms with Crippen molar-refractivity contribution < 1.29 is 9.84 Å². The van der Waals surface area contributed by atoms with Crippen molar-refractivity contribution in [2.45, 2.75) is 25.6 Å². The Morgan fingerprint density at radius 1 is 1.28 bits per heavy atom. The molecule has 25 heavy (non-hydrogen) atoms. The van der Waals surface area contributed by atoms with Crippen molar-refractivity contribution in [3.05, 3.63) is 41.5 Å². The van der Waals surface area contributed by atoms with Crippen molar-refractivity contribution in [1.29, 1.82) is 0 Å². The summed E-state index contributed by atoms with van der Waals surface area (Å²) in [5.41, 5.74) is 2.32. The first-order valence-corrected chi connectivity index (χ1v) is 9.39. The van der Waals surface area contributed by atoms with Crippen LogP contribution in [0, 0.1) is 0 Å². The van der Waals surface area contributed by atoms with Gasteiger partial charge in [0.1, 0.15) is 17.3 Å². The number of hydrogen-bond donors (Lipinski definition) is 1. The lowest BCUT2D eigenvalue weighted by atomic mass is 10.0. The minimum Gasteiger partial charge on any atom is -0.391 e. The van der Waals surface area contributed by atoms with Crippen LogP contribution in [0.4, 0.5) is 5.82 Å². The van der Waals surface area contributed by atoms with Gasteiger partial charge in [-0.2, -0.15) is 0 Å². The van der Waals surface area contributed by atoms with Crippen molar-refractivity contribution in [2.24, 2.45) is 0 Å². The molecule has 3 heterocycles. The number of piperidine rings is 1. The predicted octanol–water partition coefficient (Wildman–Crippen LogP) is 3.47. The Morgan fingerprint density at radius 2 is 2.12 bits per heavy atom. The number of benzene rings is 1. The van der Waals surface area contributed by atoms with Crippen molar-refractivity contribution in [1.82, 2.24) is 9.97 Å². The van der Waals surface area contributed by atoms with Crippen LogP contribution >= 0.6 is 11.3 Å². The first kappa shape index (κ1) is 16.4. The number of aliphatic hydroxyl groups excluding tert-OH is 1. The first-order chi connectivity index (χ1) is 12.3. The monoisotopic (exact) mass is 355 g/mol. The lowest BCUT2D eigenvalue weighted by molar-refractivity contribution is 0.153. The number of hydrogen-bond acceptors (Lipinski definition) is 6. The van der Waals surface area contributed by atoms with Gasteiger partial charge < -0.3 is 14.7 Å². The van der Waals surface area contributed by atoms with Gasteiger partial charge in [-0.05, 0) is 18.4 Å². The number of rotatable bonds is 4. The van der Waals surface area contributed by atoms with Gasteiger partial charge in [-0.15, -0.1) is 11.3 Å². The smallest absolute Gasteiger partial charge is 0.158 e. The quantitative estimate of drug-likeness (QED) is 0.777. The van der Waals surface area contributed by atoms with Crippen LogP contribution in [0.25, 0.3) is 21.3 Å². The number of β-amino-alcohol motifs (C(OH)–C–C–N with tert-alkyl or cyclic N) is 1. The molecule has 0 radical (unpaired) electrons. The Hall–Kier alpha value is -2.02. The summed E-state index contributed by atoms with van der Waals surface area (Å²) in [6.45, 7) is 1.90. The number of methoxy groups -OCH3 is 1. The van der Waals surface area contributed by atoms with E-state index in [4.69, 9.17) is 9.72 Å². The fraction of sp³-hybridized carbons (Fsp3) is 0.368. The van der Waals surface area contributed by atoms with E-state index in [1.54, 1.807) is 18.4 Å². The molecular weight excluding hydrogens is 334 g/mol. The summed E-state index contributed by atoms with van der Waals surface area (Å²) in [5, 5.41) is 13.3. The third-order valence-corrected chi connectivity index (χ3v) is 5.39. The van der Waals surface area contributed by atoms with E-state index >= 15 is 0 Å². The highest BCUT2D eigenvalue weighted by Crippen LogP contribution is 2.39. The molecule has 2 aromatic heterocycles. The van der Waals surface area contributed by atoms with Gasteiger partial charge in [0.15, 0.2) is 5.82 Å². The van der Waals surface area contributed by atoms with E-state index in [1.807, 2.05) is 18.2 Å². The van der Waals surface area contributed by atoms with Crippen LogP contribution < -0.4 is 4.90 Å². The van der Waals surface area contributed by atoms with E-state index < -0.39 is 0 Å². The predicted molar refractivity (Wildman–Crippen MR) is 101 cm³/mol. The second-order valence-corrected chi connectivity index (χ2v) is 7.19. The van der Waals surface area contributed by atoms with E-state index in [0.29, 0.717) is 19.0 Å². The van der Waals surface area contributed by atoms with Crippen LogP contribution in [0.1, 0.15) is 18.7 Å². The van der Waals surface area contributed by atoms with Gasteiger partial charge in [-0.1, -0.05) is 30.3 Å². The van der Waals surface area contributed by atoms with Gasteiger partial charge in [0.05, 0.1) is 11.5 Å². The fourth-order valence-electron chi connectivity index (χ4n) is 3.37.